The van der Waals surface area contributed by atoms with Crippen LogP contribution in [0, 0.1) is 13.8 Å². The molecule has 2 N–H and O–H groups in total. The number of rotatable bonds is 5. The van der Waals surface area contributed by atoms with Crippen LogP contribution in [0.15, 0.2) is 30.5 Å². The lowest BCUT2D eigenvalue weighted by Gasteiger charge is -2.31. The first-order valence-corrected chi connectivity index (χ1v) is 10.2. The number of urea groups is 1. The van der Waals surface area contributed by atoms with Gasteiger partial charge in [0.1, 0.15) is 5.82 Å². The summed E-state index contributed by atoms with van der Waals surface area (Å²) < 4.78 is 0. The minimum absolute atomic E-state index is 0.0514. The minimum Gasteiger partial charge on any atom is -0.362 e. The van der Waals surface area contributed by atoms with Crippen molar-refractivity contribution in [2.24, 2.45) is 0 Å². The lowest BCUT2D eigenvalue weighted by Crippen LogP contribution is -2.45. The largest absolute Gasteiger partial charge is 0.362 e. The van der Waals surface area contributed by atoms with Crippen LogP contribution in [0.1, 0.15) is 36.8 Å². The Balaban J connectivity index is 1.50. The van der Waals surface area contributed by atoms with Gasteiger partial charge in [0.2, 0.25) is 5.95 Å². The quantitative estimate of drug-likeness (QED) is 0.806. The molecule has 7 heteroatoms. The first kappa shape index (κ1) is 20.9. The highest BCUT2D eigenvalue weighted by molar-refractivity contribution is 5.91. The molecule has 1 heterocycles. The highest BCUT2D eigenvalue weighted by Crippen LogP contribution is 2.23. The van der Waals surface area contributed by atoms with Crippen LogP contribution in [-0.4, -0.2) is 49.2 Å². The molecule has 1 aliphatic rings. The van der Waals surface area contributed by atoms with Crippen molar-refractivity contribution in [2.75, 3.05) is 36.3 Å². The van der Waals surface area contributed by atoms with E-state index in [2.05, 4.69) is 20.6 Å². The van der Waals surface area contributed by atoms with Crippen molar-refractivity contribution < 1.29 is 4.79 Å². The van der Waals surface area contributed by atoms with Gasteiger partial charge >= 0.3 is 6.03 Å². The summed E-state index contributed by atoms with van der Waals surface area (Å²) >= 11 is 0. The van der Waals surface area contributed by atoms with Crippen molar-refractivity contribution in [2.45, 2.75) is 51.6 Å². The first-order chi connectivity index (χ1) is 13.8. The summed E-state index contributed by atoms with van der Waals surface area (Å²) in [6.07, 6.45) is 5.70. The van der Waals surface area contributed by atoms with Gasteiger partial charge < -0.3 is 15.5 Å². The average Bonchev–Trinajstić information content (AvgIpc) is 2.70. The van der Waals surface area contributed by atoms with Gasteiger partial charge in [-0.25, -0.2) is 9.78 Å². The molecule has 0 spiro atoms. The summed E-state index contributed by atoms with van der Waals surface area (Å²) in [5, 5.41) is 6.63. The van der Waals surface area contributed by atoms with Crippen LogP contribution in [0.5, 0.6) is 0 Å². The minimum atomic E-state index is -0.0514. The van der Waals surface area contributed by atoms with E-state index in [9.17, 15) is 4.79 Å². The summed E-state index contributed by atoms with van der Waals surface area (Å²) in [6.45, 7) is 4.05. The summed E-state index contributed by atoms with van der Waals surface area (Å²) in [7, 11) is 5.79. The van der Waals surface area contributed by atoms with Crippen molar-refractivity contribution in [3.05, 3.63) is 41.6 Å². The maximum Gasteiger partial charge on any atom is 0.321 e. The highest BCUT2D eigenvalue weighted by atomic mass is 16.2. The van der Waals surface area contributed by atoms with Crippen molar-refractivity contribution >= 4 is 23.5 Å². The molecule has 0 bridgehead atoms. The van der Waals surface area contributed by atoms with Crippen LogP contribution in [0.25, 0.3) is 0 Å². The molecule has 0 radical (unpaired) electrons. The predicted octanol–water partition coefficient (Wildman–Crippen LogP) is 3.73. The Morgan fingerprint density at radius 2 is 1.76 bits per heavy atom. The van der Waals surface area contributed by atoms with E-state index in [-0.39, 0.29) is 12.1 Å². The molecule has 0 aliphatic heterocycles. The lowest BCUT2D eigenvalue weighted by atomic mass is 9.91. The molecule has 0 unspecified atom stereocenters. The van der Waals surface area contributed by atoms with E-state index in [0.29, 0.717) is 12.0 Å². The van der Waals surface area contributed by atoms with Gasteiger partial charge in [0, 0.05) is 50.7 Å². The Morgan fingerprint density at radius 3 is 2.41 bits per heavy atom. The van der Waals surface area contributed by atoms with Crippen molar-refractivity contribution in [1.82, 2.24) is 15.3 Å². The predicted molar refractivity (Wildman–Crippen MR) is 119 cm³/mol. The maximum atomic E-state index is 12.6. The molecule has 2 amide bonds. The standard InChI is InChI=1S/C22H32N6O/c1-15-7-6-8-19(13-15)28(5)22(29)25-18-11-9-17(10-12-18)24-21-23-14-16(2)20(26-21)27(3)4/h6-8,13-14,17-18H,9-12H2,1-5H3,(H,25,29)(H,23,24,26)/t17-,18+. The van der Waals surface area contributed by atoms with Gasteiger partial charge in [0.25, 0.3) is 0 Å². The monoisotopic (exact) mass is 396 g/mol. The summed E-state index contributed by atoms with van der Waals surface area (Å²) in [6, 6.07) is 8.45. The number of hydrogen-bond acceptors (Lipinski definition) is 5. The second kappa shape index (κ2) is 9.11. The fraction of sp³-hybridized carbons (Fsp3) is 0.500. The smallest absolute Gasteiger partial charge is 0.321 e. The molecule has 7 nitrogen and oxygen atoms in total. The van der Waals surface area contributed by atoms with Gasteiger partial charge in [-0.3, -0.25) is 4.90 Å². The summed E-state index contributed by atoms with van der Waals surface area (Å²) in [5.74, 6) is 1.61. The fourth-order valence-corrected chi connectivity index (χ4v) is 3.75. The number of nitrogens with zero attached hydrogens (tertiary/aromatic N) is 4. The SMILES string of the molecule is Cc1cccc(N(C)C(=O)N[C@H]2CC[C@@H](Nc3ncc(C)c(N(C)C)n3)CC2)c1. The number of hydrogen-bond donors (Lipinski definition) is 2. The number of amides is 2. The molecule has 156 valence electrons. The molecule has 29 heavy (non-hydrogen) atoms. The molecule has 1 aromatic carbocycles. The molecular formula is C22H32N6O. The van der Waals surface area contributed by atoms with Crippen LogP contribution < -0.4 is 20.4 Å². The van der Waals surface area contributed by atoms with Crippen LogP contribution >= 0.6 is 0 Å². The number of carbonyl (C=O) groups is 1. The van der Waals surface area contributed by atoms with E-state index in [4.69, 9.17) is 0 Å². The van der Waals surface area contributed by atoms with Crippen LogP contribution in [-0.2, 0) is 0 Å². The van der Waals surface area contributed by atoms with Crippen molar-refractivity contribution in [3.8, 4) is 0 Å². The molecular weight excluding hydrogens is 364 g/mol. The zero-order valence-electron chi connectivity index (χ0n) is 18.1. The Hall–Kier alpha value is -2.83. The van der Waals surface area contributed by atoms with Gasteiger partial charge in [-0.05, 0) is 57.2 Å². The third kappa shape index (κ3) is 5.37. The Bertz CT molecular complexity index is 845. The Labute approximate surface area is 173 Å². The van der Waals surface area contributed by atoms with Gasteiger partial charge in [-0.15, -0.1) is 0 Å². The van der Waals surface area contributed by atoms with E-state index < -0.39 is 0 Å². The van der Waals surface area contributed by atoms with E-state index in [0.717, 1.165) is 48.3 Å². The number of nitrogens with one attached hydrogen (secondary N) is 2. The van der Waals surface area contributed by atoms with Crippen molar-refractivity contribution in [3.63, 3.8) is 0 Å². The zero-order chi connectivity index (χ0) is 21.0. The second-order valence-corrected chi connectivity index (χ2v) is 8.14. The Morgan fingerprint density at radius 1 is 1.07 bits per heavy atom. The van der Waals surface area contributed by atoms with E-state index in [1.54, 1.807) is 4.90 Å². The van der Waals surface area contributed by atoms with E-state index in [1.807, 2.05) is 70.4 Å². The number of aromatic nitrogens is 2. The average molecular weight is 397 g/mol. The Kier molecular flexibility index (Phi) is 6.56. The third-order valence-corrected chi connectivity index (χ3v) is 5.45. The second-order valence-electron chi connectivity index (χ2n) is 8.14. The van der Waals surface area contributed by atoms with Crippen LogP contribution in [0.4, 0.5) is 22.2 Å². The van der Waals surface area contributed by atoms with Gasteiger partial charge in [0.05, 0.1) is 0 Å². The molecule has 1 aromatic heterocycles. The van der Waals surface area contributed by atoms with Gasteiger partial charge in [-0.1, -0.05) is 12.1 Å². The van der Waals surface area contributed by atoms with Crippen molar-refractivity contribution in [1.29, 1.82) is 0 Å². The molecule has 1 saturated carbocycles. The van der Waals surface area contributed by atoms with E-state index in [1.165, 1.54) is 0 Å². The molecule has 2 aromatic rings. The van der Waals surface area contributed by atoms with E-state index >= 15 is 0 Å². The highest BCUT2D eigenvalue weighted by Gasteiger charge is 2.24. The number of benzene rings is 1. The topological polar surface area (TPSA) is 73.4 Å². The molecule has 0 saturated heterocycles. The number of anilines is 3. The number of aryl methyl sites for hydroxylation is 2. The summed E-state index contributed by atoms with van der Waals surface area (Å²) in [4.78, 5) is 25.3. The molecule has 0 atom stereocenters. The van der Waals surface area contributed by atoms with Gasteiger partial charge in [-0.2, -0.15) is 4.98 Å². The maximum absolute atomic E-state index is 12.6. The number of carbonyl (C=O) groups excluding carboxylic acids is 1. The van der Waals surface area contributed by atoms with Crippen LogP contribution in [0.2, 0.25) is 0 Å². The van der Waals surface area contributed by atoms with Crippen LogP contribution in [0.3, 0.4) is 0 Å². The fourth-order valence-electron chi connectivity index (χ4n) is 3.75. The third-order valence-electron chi connectivity index (χ3n) is 5.45. The zero-order valence-corrected chi connectivity index (χ0v) is 18.1. The molecule has 1 fully saturated rings. The molecule has 3 rings (SSSR count). The molecule has 1 aliphatic carbocycles. The lowest BCUT2D eigenvalue weighted by molar-refractivity contribution is 0.238. The van der Waals surface area contributed by atoms with Gasteiger partial charge in [0.15, 0.2) is 0 Å². The summed E-state index contributed by atoms with van der Waals surface area (Å²) in [5.41, 5.74) is 3.11. The first-order valence-electron chi connectivity index (χ1n) is 10.2. The normalized spacial score (nSPS) is 18.8.